The Labute approximate surface area is 119 Å². The smallest absolute Gasteiger partial charge is 0.302 e. The summed E-state index contributed by atoms with van der Waals surface area (Å²) in [5.74, 6) is -1.08. The lowest BCUT2D eigenvalue weighted by atomic mass is 9.91. The molecule has 1 spiro atoms. The van der Waals surface area contributed by atoms with E-state index in [2.05, 4.69) is 13.8 Å². The molecule has 0 radical (unpaired) electrons. The molecule has 20 heavy (non-hydrogen) atoms. The summed E-state index contributed by atoms with van der Waals surface area (Å²) in [5, 5.41) is 9.36. The molecule has 6 heteroatoms. The van der Waals surface area contributed by atoms with Gasteiger partial charge in [0.2, 0.25) is 0 Å². The Morgan fingerprint density at radius 1 is 1.25 bits per heavy atom. The Morgan fingerprint density at radius 2 is 1.85 bits per heavy atom. The highest BCUT2D eigenvalue weighted by molar-refractivity contribution is 5.65. The van der Waals surface area contributed by atoms with Crippen molar-refractivity contribution in [3.8, 4) is 0 Å². The summed E-state index contributed by atoms with van der Waals surface area (Å²) in [6.45, 7) is 6.78. The Morgan fingerprint density at radius 3 is 2.40 bits per heavy atom. The third kappa shape index (κ3) is 3.91. The number of ether oxygens (including phenoxy) is 4. The van der Waals surface area contributed by atoms with E-state index in [1.54, 1.807) is 0 Å². The minimum absolute atomic E-state index is 0.0103. The highest BCUT2D eigenvalue weighted by Gasteiger charge is 2.47. The van der Waals surface area contributed by atoms with E-state index in [0.717, 1.165) is 0 Å². The molecule has 6 nitrogen and oxygen atoms in total. The molecule has 0 saturated carbocycles. The number of esters is 1. The topological polar surface area (TPSA) is 74.2 Å². The van der Waals surface area contributed by atoms with Crippen molar-refractivity contribution < 1.29 is 28.8 Å². The van der Waals surface area contributed by atoms with Gasteiger partial charge in [-0.2, -0.15) is 0 Å². The highest BCUT2D eigenvalue weighted by Crippen LogP contribution is 2.39. The molecule has 2 atom stereocenters. The number of carbonyl (C=O) groups excluding carboxylic acids is 1. The zero-order valence-corrected chi connectivity index (χ0v) is 12.4. The van der Waals surface area contributed by atoms with Gasteiger partial charge in [-0.15, -0.1) is 0 Å². The molecule has 2 aliphatic heterocycles. The van der Waals surface area contributed by atoms with Crippen LogP contribution >= 0.6 is 0 Å². The van der Waals surface area contributed by atoms with Crippen molar-refractivity contribution in [2.45, 2.75) is 51.6 Å². The van der Waals surface area contributed by atoms with Gasteiger partial charge >= 0.3 is 5.97 Å². The first-order valence-corrected chi connectivity index (χ1v) is 7.02. The SMILES string of the molecule is CC(=O)OC[C@H]1CC2(C[C@@H](CO)O1)OCC(C)(C)CO2. The minimum Gasteiger partial charge on any atom is -0.463 e. The molecule has 0 unspecified atom stereocenters. The number of hydrogen-bond donors (Lipinski definition) is 1. The van der Waals surface area contributed by atoms with Crippen LogP contribution in [0.4, 0.5) is 0 Å². The second-order valence-electron chi connectivity index (χ2n) is 6.43. The number of carbonyl (C=O) groups is 1. The molecule has 2 aliphatic rings. The first-order valence-electron chi connectivity index (χ1n) is 7.02. The fourth-order valence-corrected chi connectivity index (χ4v) is 2.53. The monoisotopic (exact) mass is 288 g/mol. The normalized spacial score (nSPS) is 32.0. The molecule has 2 fully saturated rings. The van der Waals surface area contributed by atoms with Gasteiger partial charge in [0.15, 0.2) is 5.79 Å². The molecule has 2 saturated heterocycles. The summed E-state index contributed by atoms with van der Waals surface area (Å²) in [6.07, 6.45) is 0.333. The maximum Gasteiger partial charge on any atom is 0.302 e. The van der Waals surface area contributed by atoms with E-state index < -0.39 is 5.79 Å². The van der Waals surface area contributed by atoms with E-state index in [1.807, 2.05) is 0 Å². The molecule has 2 heterocycles. The Bertz CT molecular complexity index is 344. The quantitative estimate of drug-likeness (QED) is 0.776. The Hall–Kier alpha value is -0.690. The average Bonchev–Trinajstić information content (AvgIpc) is 2.40. The predicted molar refractivity (Wildman–Crippen MR) is 70.0 cm³/mol. The number of aliphatic hydroxyl groups excluding tert-OH is 1. The second kappa shape index (κ2) is 5.97. The molecule has 0 bridgehead atoms. The van der Waals surface area contributed by atoms with Gasteiger partial charge in [-0.05, 0) is 0 Å². The van der Waals surface area contributed by atoms with Crippen LogP contribution in [-0.2, 0) is 23.7 Å². The fraction of sp³-hybridized carbons (Fsp3) is 0.929. The lowest BCUT2D eigenvalue weighted by Crippen LogP contribution is -2.56. The van der Waals surface area contributed by atoms with Crippen LogP contribution in [0, 0.1) is 5.41 Å². The summed E-state index contributed by atoms with van der Waals surface area (Å²) in [4.78, 5) is 10.9. The average molecular weight is 288 g/mol. The summed E-state index contributed by atoms with van der Waals surface area (Å²) in [5.41, 5.74) is -0.0103. The molecule has 0 aliphatic carbocycles. The first kappa shape index (κ1) is 15.7. The van der Waals surface area contributed by atoms with Crippen LogP contribution in [0.5, 0.6) is 0 Å². The van der Waals surface area contributed by atoms with Gasteiger partial charge < -0.3 is 24.1 Å². The number of aliphatic hydroxyl groups is 1. The van der Waals surface area contributed by atoms with E-state index in [0.29, 0.717) is 26.1 Å². The highest BCUT2D eigenvalue weighted by atomic mass is 16.7. The molecule has 116 valence electrons. The van der Waals surface area contributed by atoms with Crippen LogP contribution in [0.25, 0.3) is 0 Å². The van der Waals surface area contributed by atoms with Crippen molar-refractivity contribution in [2.24, 2.45) is 5.41 Å². The van der Waals surface area contributed by atoms with Crippen LogP contribution in [0.3, 0.4) is 0 Å². The van der Waals surface area contributed by atoms with Crippen molar-refractivity contribution in [1.29, 1.82) is 0 Å². The lowest BCUT2D eigenvalue weighted by molar-refractivity contribution is -0.341. The van der Waals surface area contributed by atoms with Crippen LogP contribution in [-0.4, -0.2) is 55.5 Å². The van der Waals surface area contributed by atoms with Crippen LogP contribution in [0.1, 0.15) is 33.6 Å². The van der Waals surface area contributed by atoms with Crippen molar-refractivity contribution in [1.82, 2.24) is 0 Å². The molecule has 2 rings (SSSR count). The Kier molecular flexibility index (Phi) is 4.69. The van der Waals surface area contributed by atoms with E-state index >= 15 is 0 Å². The van der Waals surface area contributed by atoms with Gasteiger partial charge in [-0.3, -0.25) is 4.79 Å². The third-order valence-corrected chi connectivity index (χ3v) is 3.59. The van der Waals surface area contributed by atoms with E-state index in [9.17, 15) is 9.90 Å². The molecule has 0 aromatic heterocycles. The van der Waals surface area contributed by atoms with Crippen molar-refractivity contribution in [3.05, 3.63) is 0 Å². The summed E-state index contributed by atoms with van der Waals surface area (Å²) in [7, 11) is 0. The van der Waals surface area contributed by atoms with Gasteiger partial charge in [0, 0.05) is 25.2 Å². The van der Waals surface area contributed by atoms with Gasteiger partial charge in [0.05, 0.1) is 32.0 Å². The molecule has 1 N–H and O–H groups in total. The maximum atomic E-state index is 10.9. The largest absolute Gasteiger partial charge is 0.463 e. The van der Waals surface area contributed by atoms with Crippen molar-refractivity contribution in [3.63, 3.8) is 0 Å². The van der Waals surface area contributed by atoms with E-state index in [4.69, 9.17) is 18.9 Å². The minimum atomic E-state index is -0.730. The number of hydrogen-bond acceptors (Lipinski definition) is 6. The summed E-state index contributed by atoms with van der Waals surface area (Å²) >= 11 is 0. The lowest BCUT2D eigenvalue weighted by Gasteiger charge is -2.48. The van der Waals surface area contributed by atoms with Gasteiger partial charge in [0.25, 0.3) is 0 Å². The van der Waals surface area contributed by atoms with Crippen LogP contribution in [0.15, 0.2) is 0 Å². The maximum absolute atomic E-state index is 10.9. The van der Waals surface area contributed by atoms with E-state index in [-0.39, 0.29) is 36.8 Å². The fourth-order valence-electron chi connectivity index (χ4n) is 2.53. The molecule has 0 aromatic carbocycles. The standard InChI is InChI=1S/C14H24O6/c1-10(16)17-7-12-5-14(4-11(6-15)20-12)18-8-13(2,3)9-19-14/h11-12,15H,4-9H2,1-3H3/t11-,12+/m0/s1. The third-order valence-electron chi connectivity index (χ3n) is 3.59. The zero-order chi connectivity index (χ0) is 14.8. The van der Waals surface area contributed by atoms with Crippen LogP contribution < -0.4 is 0 Å². The molecular formula is C14H24O6. The molecular weight excluding hydrogens is 264 g/mol. The summed E-state index contributed by atoms with van der Waals surface area (Å²) in [6, 6.07) is 0. The van der Waals surface area contributed by atoms with Crippen LogP contribution in [0.2, 0.25) is 0 Å². The van der Waals surface area contributed by atoms with Gasteiger partial charge in [-0.25, -0.2) is 0 Å². The van der Waals surface area contributed by atoms with Crippen molar-refractivity contribution >= 4 is 5.97 Å². The zero-order valence-electron chi connectivity index (χ0n) is 12.4. The number of rotatable bonds is 3. The van der Waals surface area contributed by atoms with Gasteiger partial charge in [-0.1, -0.05) is 13.8 Å². The summed E-state index contributed by atoms with van der Waals surface area (Å²) < 4.78 is 22.5. The van der Waals surface area contributed by atoms with Gasteiger partial charge in [0.1, 0.15) is 6.61 Å². The second-order valence-corrected chi connectivity index (χ2v) is 6.43. The van der Waals surface area contributed by atoms with E-state index in [1.165, 1.54) is 6.92 Å². The van der Waals surface area contributed by atoms with Crippen molar-refractivity contribution in [2.75, 3.05) is 26.4 Å². The molecule has 0 aromatic rings. The Balaban J connectivity index is 1.99. The first-order chi connectivity index (χ1) is 9.34. The predicted octanol–water partition coefficient (Wildman–Crippen LogP) is 0.859. The molecule has 0 amide bonds.